The van der Waals surface area contributed by atoms with Crippen molar-refractivity contribution in [1.29, 1.82) is 0 Å². The van der Waals surface area contributed by atoms with E-state index in [9.17, 15) is 4.79 Å². The molecule has 1 rings (SSSR count). The van der Waals surface area contributed by atoms with E-state index in [1.807, 2.05) is 0 Å². The minimum Gasteiger partial charge on any atom is -0.396 e. The van der Waals surface area contributed by atoms with Gasteiger partial charge in [0.1, 0.15) is 4.47 Å². The van der Waals surface area contributed by atoms with Crippen LogP contribution in [0.15, 0.2) is 15.5 Å². The summed E-state index contributed by atoms with van der Waals surface area (Å²) < 4.78 is 2.01. The lowest BCUT2D eigenvalue weighted by molar-refractivity contribution is 0.255. The van der Waals surface area contributed by atoms with E-state index in [-0.39, 0.29) is 12.2 Å². The van der Waals surface area contributed by atoms with Crippen LogP contribution in [-0.4, -0.2) is 28.0 Å². The van der Waals surface area contributed by atoms with Gasteiger partial charge in [-0.05, 0) is 40.6 Å². The van der Waals surface area contributed by atoms with Gasteiger partial charge in [0.05, 0.1) is 11.9 Å². The minimum atomic E-state index is -0.108. The number of nitrogens with one attached hydrogen (secondary N) is 1. The number of rotatable bonds is 9. The van der Waals surface area contributed by atoms with Crippen molar-refractivity contribution in [1.82, 2.24) is 9.78 Å². The first-order valence-corrected chi connectivity index (χ1v) is 8.39. The molecule has 1 aromatic rings. The van der Waals surface area contributed by atoms with E-state index in [2.05, 4.69) is 47.1 Å². The number of hydrogen-bond acceptors (Lipinski definition) is 4. The fraction of sp³-hybridized carbons (Fsp3) is 0.733. The van der Waals surface area contributed by atoms with Gasteiger partial charge in [-0.15, -0.1) is 0 Å². The molecular weight excluding hydrogens is 334 g/mol. The largest absolute Gasteiger partial charge is 0.396 e. The van der Waals surface area contributed by atoms with Crippen molar-refractivity contribution < 1.29 is 5.11 Å². The zero-order valence-electron chi connectivity index (χ0n) is 13.1. The lowest BCUT2D eigenvalue weighted by atomic mass is 10.0. The molecule has 0 aliphatic rings. The SMILES string of the molecule is CCCC(CCO)CNc1cnn(CC(C)C)c(=O)c1Br. The molecule has 1 unspecified atom stereocenters. The van der Waals surface area contributed by atoms with Gasteiger partial charge in [-0.25, -0.2) is 4.68 Å². The van der Waals surface area contributed by atoms with Crippen LogP contribution in [0, 0.1) is 11.8 Å². The Kier molecular flexibility index (Phi) is 7.96. The summed E-state index contributed by atoms with van der Waals surface area (Å²) in [5.41, 5.74) is 0.613. The van der Waals surface area contributed by atoms with Crippen LogP contribution in [-0.2, 0) is 6.54 Å². The molecule has 2 N–H and O–H groups in total. The van der Waals surface area contributed by atoms with Crippen LogP contribution in [0.3, 0.4) is 0 Å². The van der Waals surface area contributed by atoms with Crippen molar-refractivity contribution in [2.45, 2.75) is 46.6 Å². The van der Waals surface area contributed by atoms with Crippen molar-refractivity contribution >= 4 is 21.6 Å². The Bertz CT molecular complexity index is 482. The number of aliphatic hydroxyl groups excluding tert-OH is 1. The summed E-state index contributed by atoms with van der Waals surface area (Å²) in [6.07, 6.45) is 4.61. The van der Waals surface area contributed by atoms with Gasteiger partial charge in [-0.1, -0.05) is 27.2 Å². The van der Waals surface area contributed by atoms with Gasteiger partial charge in [-0.3, -0.25) is 4.79 Å². The molecule has 0 saturated carbocycles. The number of anilines is 1. The summed E-state index contributed by atoms with van der Waals surface area (Å²) >= 11 is 3.36. The van der Waals surface area contributed by atoms with Crippen molar-refractivity contribution in [2.75, 3.05) is 18.5 Å². The van der Waals surface area contributed by atoms with Gasteiger partial charge < -0.3 is 10.4 Å². The van der Waals surface area contributed by atoms with E-state index in [4.69, 9.17) is 5.11 Å². The Balaban J connectivity index is 2.76. The van der Waals surface area contributed by atoms with Crippen LogP contribution in [0.25, 0.3) is 0 Å². The normalized spacial score (nSPS) is 12.7. The zero-order valence-corrected chi connectivity index (χ0v) is 14.7. The Labute approximate surface area is 134 Å². The van der Waals surface area contributed by atoms with E-state index < -0.39 is 0 Å². The second-order valence-electron chi connectivity index (χ2n) is 5.80. The van der Waals surface area contributed by atoms with Gasteiger partial charge in [0, 0.05) is 19.7 Å². The van der Waals surface area contributed by atoms with Crippen molar-refractivity contribution in [2.24, 2.45) is 11.8 Å². The molecule has 0 spiro atoms. The van der Waals surface area contributed by atoms with Gasteiger partial charge in [0.25, 0.3) is 5.56 Å². The van der Waals surface area contributed by atoms with Crippen LogP contribution in [0.1, 0.15) is 40.0 Å². The van der Waals surface area contributed by atoms with Gasteiger partial charge in [0.2, 0.25) is 0 Å². The average molecular weight is 360 g/mol. The predicted octanol–water partition coefficient (Wildman–Crippen LogP) is 2.87. The first-order chi connectivity index (χ1) is 9.99. The lowest BCUT2D eigenvalue weighted by Crippen LogP contribution is -2.27. The summed E-state index contributed by atoms with van der Waals surface area (Å²) in [7, 11) is 0. The molecule has 0 saturated heterocycles. The van der Waals surface area contributed by atoms with Crippen LogP contribution in [0.4, 0.5) is 5.69 Å². The minimum absolute atomic E-state index is 0.108. The highest BCUT2D eigenvalue weighted by atomic mass is 79.9. The molecule has 0 radical (unpaired) electrons. The number of hydrogen-bond donors (Lipinski definition) is 2. The van der Waals surface area contributed by atoms with E-state index in [1.165, 1.54) is 4.68 Å². The molecule has 1 heterocycles. The molecule has 0 fully saturated rings. The quantitative estimate of drug-likeness (QED) is 0.711. The smallest absolute Gasteiger partial charge is 0.283 e. The van der Waals surface area contributed by atoms with Crippen LogP contribution in [0.2, 0.25) is 0 Å². The molecule has 0 aliphatic carbocycles. The molecule has 1 aromatic heterocycles. The third-order valence-corrected chi connectivity index (χ3v) is 4.10. The molecule has 1 atom stereocenters. The Morgan fingerprint density at radius 3 is 2.71 bits per heavy atom. The van der Waals surface area contributed by atoms with Crippen molar-refractivity contribution in [3.8, 4) is 0 Å². The zero-order chi connectivity index (χ0) is 15.8. The van der Waals surface area contributed by atoms with E-state index in [1.54, 1.807) is 6.20 Å². The monoisotopic (exact) mass is 359 g/mol. The third-order valence-electron chi connectivity index (χ3n) is 3.34. The van der Waals surface area contributed by atoms with Gasteiger partial charge in [0.15, 0.2) is 0 Å². The number of nitrogens with zero attached hydrogens (tertiary/aromatic N) is 2. The fourth-order valence-electron chi connectivity index (χ4n) is 2.26. The summed E-state index contributed by atoms with van der Waals surface area (Å²) in [5, 5.41) is 16.6. The number of aromatic nitrogens is 2. The van der Waals surface area contributed by atoms with E-state index in [0.717, 1.165) is 31.5 Å². The molecule has 6 heteroatoms. The standard InChI is InChI=1S/C15H26BrN3O2/c1-4-5-12(6-7-20)8-17-13-9-18-19(10-11(2)3)15(21)14(13)16/h9,11-12,17,20H,4-8,10H2,1-3H3. The highest BCUT2D eigenvalue weighted by Gasteiger charge is 2.12. The summed E-state index contributed by atoms with van der Waals surface area (Å²) in [5.74, 6) is 0.782. The summed E-state index contributed by atoms with van der Waals surface area (Å²) in [6, 6.07) is 0. The number of halogens is 1. The first kappa shape index (κ1) is 18.2. The fourth-order valence-corrected chi connectivity index (χ4v) is 2.71. The topological polar surface area (TPSA) is 67.2 Å². The third kappa shape index (κ3) is 5.79. The molecule has 0 amide bonds. The van der Waals surface area contributed by atoms with E-state index >= 15 is 0 Å². The molecule has 120 valence electrons. The molecule has 0 bridgehead atoms. The maximum atomic E-state index is 12.2. The van der Waals surface area contributed by atoms with Crippen LogP contribution >= 0.6 is 15.9 Å². The van der Waals surface area contributed by atoms with Gasteiger partial charge >= 0.3 is 0 Å². The van der Waals surface area contributed by atoms with Crippen LogP contribution < -0.4 is 10.9 Å². The summed E-state index contributed by atoms with van der Waals surface area (Å²) in [4.78, 5) is 12.2. The maximum absolute atomic E-state index is 12.2. The van der Waals surface area contributed by atoms with Crippen molar-refractivity contribution in [3.63, 3.8) is 0 Å². The molecule has 21 heavy (non-hydrogen) atoms. The van der Waals surface area contributed by atoms with Gasteiger partial charge in [-0.2, -0.15) is 5.10 Å². The molecule has 5 nitrogen and oxygen atoms in total. The number of aliphatic hydroxyl groups is 1. The van der Waals surface area contributed by atoms with Crippen LogP contribution in [0.5, 0.6) is 0 Å². The summed E-state index contributed by atoms with van der Waals surface area (Å²) in [6.45, 7) is 7.79. The highest BCUT2D eigenvalue weighted by molar-refractivity contribution is 9.10. The Morgan fingerprint density at radius 1 is 1.43 bits per heavy atom. The van der Waals surface area contributed by atoms with E-state index in [0.29, 0.717) is 22.9 Å². The average Bonchev–Trinajstić information content (AvgIpc) is 2.43. The second-order valence-corrected chi connectivity index (χ2v) is 6.59. The lowest BCUT2D eigenvalue weighted by Gasteiger charge is -2.17. The Hall–Kier alpha value is -0.880. The second kappa shape index (κ2) is 9.20. The predicted molar refractivity (Wildman–Crippen MR) is 89.6 cm³/mol. The maximum Gasteiger partial charge on any atom is 0.283 e. The molecule has 0 aromatic carbocycles. The highest BCUT2D eigenvalue weighted by Crippen LogP contribution is 2.18. The molecular formula is C15H26BrN3O2. The first-order valence-electron chi connectivity index (χ1n) is 7.59. The Morgan fingerprint density at radius 2 is 2.14 bits per heavy atom. The van der Waals surface area contributed by atoms with Crippen molar-refractivity contribution in [3.05, 3.63) is 21.0 Å². The molecule has 0 aliphatic heterocycles.